The van der Waals surface area contributed by atoms with Gasteiger partial charge in [0.15, 0.2) is 0 Å². The number of fused-ring (bicyclic) bond motifs is 1. The second-order valence-corrected chi connectivity index (χ2v) is 7.50. The standard InChI is InChI=1S/C26H21N5O2/c1-18(32)29-23-12-10-21(11-13-23)26(33)30-28-15-22-17-31(25-5-3-2-4-24(22)25)16-20-8-6-19(14-27)7-9-20/h2-13,15,17H,16H2,1H3,(H,29,32)(H,30,33). The largest absolute Gasteiger partial charge is 0.342 e. The molecule has 4 rings (SSSR count). The van der Waals surface area contributed by atoms with E-state index in [2.05, 4.69) is 26.5 Å². The molecule has 162 valence electrons. The van der Waals surface area contributed by atoms with Gasteiger partial charge in [-0.1, -0.05) is 30.3 Å². The molecule has 2 N–H and O–H groups in total. The van der Waals surface area contributed by atoms with Gasteiger partial charge in [-0.15, -0.1) is 0 Å². The van der Waals surface area contributed by atoms with E-state index in [1.807, 2.05) is 54.7 Å². The predicted molar refractivity (Wildman–Crippen MR) is 128 cm³/mol. The van der Waals surface area contributed by atoms with E-state index in [1.165, 1.54) is 6.92 Å². The Bertz CT molecular complexity index is 1380. The molecule has 4 aromatic rings. The molecule has 0 atom stereocenters. The fourth-order valence-electron chi connectivity index (χ4n) is 3.52. The third kappa shape index (κ3) is 5.14. The first-order chi connectivity index (χ1) is 16.0. The van der Waals surface area contributed by atoms with Crippen molar-refractivity contribution in [1.82, 2.24) is 9.99 Å². The molecular weight excluding hydrogens is 414 g/mol. The summed E-state index contributed by atoms with van der Waals surface area (Å²) in [7, 11) is 0. The summed E-state index contributed by atoms with van der Waals surface area (Å²) in [6.45, 7) is 2.07. The molecule has 0 saturated carbocycles. The molecule has 1 heterocycles. The number of aromatic nitrogens is 1. The summed E-state index contributed by atoms with van der Waals surface area (Å²) in [5.41, 5.74) is 7.23. The molecule has 33 heavy (non-hydrogen) atoms. The summed E-state index contributed by atoms with van der Waals surface area (Å²) < 4.78 is 2.11. The maximum absolute atomic E-state index is 12.4. The topological polar surface area (TPSA) is 99.3 Å². The number of anilines is 1. The van der Waals surface area contributed by atoms with Gasteiger partial charge in [0.25, 0.3) is 5.91 Å². The minimum absolute atomic E-state index is 0.171. The number of rotatable bonds is 6. The van der Waals surface area contributed by atoms with Gasteiger partial charge in [-0.05, 0) is 48.0 Å². The molecule has 3 aromatic carbocycles. The maximum atomic E-state index is 12.4. The zero-order valence-corrected chi connectivity index (χ0v) is 17.9. The van der Waals surface area contributed by atoms with E-state index < -0.39 is 0 Å². The first kappa shape index (κ1) is 21.5. The number of benzene rings is 3. The lowest BCUT2D eigenvalue weighted by atomic mass is 10.1. The van der Waals surface area contributed by atoms with Crippen LogP contribution in [0.1, 0.15) is 34.0 Å². The van der Waals surface area contributed by atoms with Gasteiger partial charge >= 0.3 is 0 Å². The number of para-hydroxylation sites is 1. The molecule has 0 aliphatic rings. The van der Waals surface area contributed by atoms with E-state index in [1.54, 1.807) is 30.5 Å². The van der Waals surface area contributed by atoms with Crippen LogP contribution < -0.4 is 10.7 Å². The minimum atomic E-state index is -0.345. The monoisotopic (exact) mass is 435 g/mol. The van der Waals surface area contributed by atoms with Crippen LogP contribution in [0.2, 0.25) is 0 Å². The minimum Gasteiger partial charge on any atom is -0.342 e. The summed E-state index contributed by atoms with van der Waals surface area (Å²) >= 11 is 0. The maximum Gasteiger partial charge on any atom is 0.271 e. The van der Waals surface area contributed by atoms with Gasteiger partial charge in [0.1, 0.15) is 0 Å². The molecule has 0 unspecified atom stereocenters. The normalized spacial score (nSPS) is 10.8. The first-order valence-electron chi connectivity index (χ1n) is 10.3. The van der Waals surface area contributed by atoms with Gasteiger partial charge in [0.05, 0.1) is 17.8 Å². The summed E-state index contributed by atoms with van der Waals surface area (Å²) in [5, 5.41) is 16.8. The van der Waals surface area contributed by atoms with Gasteiger partial charge in [-0.3, -0.25) is 9.59 Å². The fourth-order valence-corrected chi connectivity index (χ4v) is 3.52. The van der Waals surface area contributed by atoms with E-state index in [-0.39, 0.29) is 11.8 Å². The molecule has 7 nitrogen and oxygen atoms in total. The van der Waals surface area contributed by atoms with Crippen LogP contribution in [-0.2, 0) is 11.3 Å². The van der Waals surface area contributed by atoms with Crippen LogP contribution in [-0.4, -0.2) is 22.6 Å². The van der Waals surface area contributed by atoms with Crippen molar-refractivity contribution in [3.63, 3.8) is 0 Å². The van der Waals surface area contributed by atoms with Crippen molar-refractivity contribution in [2.75, 3.05) is 5.32 Å². The number of hydrogen-bond donors (Lipinski definition) is 2. The number of carbonyl (C=O) groups is 2. The Morgan fingerprint density at radius 1 is 1.03 bits per heavy atom. The SMILES string of the molecule is CC(=O)Nc1ccc(C(=O)NN=Cc2cn(Cc3ccc(C#N)cc3)c3ccccc23)cc1. The van der Waals surface area contributed by atoms with Gasteiger partial charge in [0, 0.05) is 47.4 Å². The number of nitriles is 1. The molecule has 2 amide bonds. The van der Waals surface area contributed by atoms with Crippen molar-refractivity contribution in [3.8, 4) is 6.07 Å². The van der Waals surface area contributed by atoms with E-state index in [0.717, 1.165) is 22.0 Å². The Morgan fingerprint density at radius 3 is 2.45 bits per heavy atom. The van der Waals surface area contributed by atoms with Gasteiger partial charge in [-0.2, -0.15) is 10.4 Å². The number of carbonyl (C=O) groups excluding carboxylic acids is 2. The predicted octanol–water partition coefficient (Wildman–Crippen LogP) is 4.28. The Hall–Kier alpha value is -4.70. The Balaban J connectivity index is 1.49. The number of nitrogens with one attached hydrogen (secondary N) is 2. The Kier molecular flexibility index (Phi) is 6.28. The summed E-state index contributed by atoms with van der Waals surface area (Å²) in [5.74, 6) is -0.517. The lowest BCUT2D eigenvalue weighted by molar-refractivity contribution is -0.114. The van der Waals surface area contributed by atoms with E-state index in [4.69, 9.17) is 5.26 Å². The van der Waals surface area contributed by atoms with E-state index >= 15 is 0 Å². The average Bonchev–Trinajstić information content (AvgIpc) is 3.17. The highest BCUT2D eigenvalue weighted by Gasteiger charge is 2.08. The highest BCUT2D eigenvalue weighted by Crippen LogP contribution is 2.21. The van der Waals surface area contributed by atoms with Crippen molar-refractivity contribution in [2.45, 2.75) is 13.5 Å². The third-order valence-corrected chi connectivity index (χ3v) is 5.09. The lowest BCUT2D eigenvalue weighted by Gasteiger charge is -2.05. The molecule has 0 bridgehead atoms. The molecule has 1 aromatic heterocycles. The summed E-state index contributed by atoms with van der Waals surface area (Å²) in [6.07, 6.45) is 3.61. The fraction of sp³-hybridized carbons (Fsp3) is 0.0769. The number of hydrogen-bond acceptors (Lipinski definition) is 4. The van der Waals surface area contributed by atoms with Crippen molar-refractivity contribution in [2.24, 2.45) is 5.10 Å². The molecule has 0 aliphatic heterocycles. The third-order valence-electron chi connectivity index (χ3n) is 5.09. The average molecular weight is 435 g/mol. The van der Waals surface area contributed by atoms with E-state index in [9.17, 15) is 9.59 Å². The highest BCUT2D eigenvalue weighted by molar-refractivity contribution is 6.00. The van der Waals surface area contributed by atoms with Crippen molar-refractivity contribution < 1.29 is 9.59 Å². The molecule has 7 heteroatoms. The molecule has 0 saturated heterocycles. The lowest BCUT2D eigenvalue weighted by Crippen LogP contribution is -2.17. The second-order valence-electron chi connectivity index (χ2n) is 7.50. The smallest absolute Gasteiger partial charge is 0.271 e. The van der Waals surface area contributed by atoms with Crippen LogP contribution in [0.25, 0.3) is 10.9 Å². The van der Waals surface area contributed by atoms with Gasteiger partial charge < -0.3 is 9.88 Å². The summed E-state index contributed by atoms with van der Waals surface area (Å²) in [6, 6.07) is 24.2. The van der Waals surface area contributed by atoms with Crippen LogP contribution >= 0.6 is 0 Å². The van der Waals surface area contributed by atoms with Crippen LogP contribution in [0.15, 0.2) is 84.1 Å². The summed E-state index contributed by atoms with van der Waals surface area (Å²) in [4.78, 5) is 23.5. The molecule has 0 fully saturated rings. The zero-order chi connectivity index (χ0) is 23.2. The van der Waals surface area contributed by atoms with Crippen molar-refractivity contribution in [1.29, 1.82) is 5.26 Å². The number of nitrogens with zero attached hydrogens (tertiary/aromatic N) is 3. The Morgan fingerprint density at radius 2 is 1.76 bits per heavy atom. The van der Waals surface area contributed by atoms with Crippen LogP contribution in [0.5, 0.6) is 0 Å². The Labute approximate surface area is 191 Å². The van der Waals surface area contributed by atoms with Crippen molar-refractivity contribution >= 4 is 34.6 Å². The molecule has 0 spiro atoms. The van der Waals surface area contributed by atoms with Crippen LogP contribution in [0.4, 0.5) is 5.69 Å². The molecular formula is C26H21N5O2. The second kappa shape index (κ2) is 9.62. The number of amides is 2. The first-order valence-corrected chi connectivity index (χ1v) is 10.3. The quantitative estimate of drug-likeness (QED) is 0.349. The molecule has 0 aliphatic carbocycles. The van der Waals surface area contributed by atoms with Crippen LogP contribution in [0, 0.1) is 11.3 Å². The van der Waals surface area contributed by atoms with Gasteiger partial charge in [-0.25, -0.2) is 5.43 Å². The van der Waals surface area contributed by atoms with Crippen molar-refractivity contribution in [3.05, 3.63) is 101 Å². The van der Waals surface area contributed by atoms with Crippen LogP contribution in [0.3, 0.4) is 0 Å². The van der Waals surface area contributed by atoms with E-state index in [0.29, 0.717) is 23.4 Å². The number of hydrazone groups is 1. The highest BCUT2D eigenvalue weighted by atomic mass is 16.2. The van der Waals surface area contributed by atoms with Gasteiger partial charge in [0.2, 0.25) is 5.91 Å². The zero-order valence-electron chi connectivity index (χ0n) is 17.9. The molecule has 0 radical (unpaired) electrons.